The van der Waals surface area contributed by atoms with Crippen molar-refractivity contribution in [2.75, 3.05) is 19.6 Å². The highest BCUT2D eigenvalue weighted by Crippen LogP contribution is 2.28. The summed E-state index contributed by atoms with van der Waals surface area (Å²) in [5, 5.41) is 10.2. The fourth-order valence-electron chi connectivity index (χ4n) is 3.95. The Kier molecular flexibility index (Phi) is 5.19. The normalized spacial score (nSPS) is 20.5. The van der Waals surface area contributed by atoms with Crippen LogP contribution in [0.5, 0.6) is 0 Å². The smallest absolute Gasteiger partial charge is 0.210 e. The standard InChI is InChI=1S/C24H27N7/c25-24(27-13-10-23(30-24)26-11-4-14-31-15-5-12-28-31)20-8-3-7-18(16-20)22-17-19-6-1-2-9-21(19)29-22/h1-3,5-10,12-13,16-17,26,28-30H,4,11,14-15,25H2. The van der Waals surface area contributed by atoms with E-state index in [-0.39, 0.29) is 0 Å². The van der Waals surface area contributed by atoms with E-state index >= 15 is 0 Å². The highest BCUT2D eigenvalue weighted by molar-refractivity contribution is 5.85. The van der Waals surface area contributed by atoms with Crippen LogP contribution >= 0.6 is 0 Å². The zero-order chi connectivity index (χ0) is 21.1. The largest absolute Gasteiger partial charge is 0.372 e. The number of benzene rings is 2. The number of nitrogens with zero attached hydrogens (tertiary/aromatic N) is 2. The average molecular weight is 414 g/mol. The first-order valence-corrected chi connectivity index (χ1v) is 10.6. The van der Waals surface area contributed by atoms with E-state index in [0.29, 0.717) is 0 Å². The monoisotopic (exact) mass is 413 g/mol. The van der Waals surface area contributed by atoms with Gasteiger partial charge in [-0.05, 0) is 36.3 Å². The fourth-order valence-corrected chi connectivity index (χ4v) is 3.95. The van der Waals surface area contributed by atoms with Crippen molar-refractivity contribution in [3.05, 3.63) is 84.3 Å². The Balaban J connectivity index is 1.26. The first kappa shape index (κ1) is 19.4. The number of fused-ring (bicyclic) bond motifs is 1. The fraction of sp³-hybridized carbons (Fsp3) is 0.208. The van der Waals surface area contributed by atoms with Gasteiger partial charge in [-0.1, -0.05) is 42.5 Å². The first-order chi connectivity index (χ1) is 15.2. The molecule has 0 fully saturated rings. The van der Waals surface area contributed by atoms with E-state index in [4.69, 9.17) is 5.73 Å². The molecule has 0 spiro atoms. The van der Waals surface area contributed by atoms with Crippen molar-refractivity contribution in [1.29, 1.82) is 0 Å². The molecular weight excluding hydrogens is 386 g/mol. The molecule has 0 saturated heterocycles. The van der Waals surface area contributed by atoms with Crippen LogP contribution in [0, 0.1) is 0 Å². The second-order valence-electron chi connectivity index (χ2n) is 7.86. The molecule has 1 unspecified atom stereocenters. The van der Waals surface area contributed by atoms with Crippen LogP contribution in [-0.2, 0) is 5.79 Å². The Labute approximate surface area is 181 Å². The molecule has 6 N–H and O–H groups in total. The molecule has 31 heavy (non-hydrogen) atoms. The van der Waals surface area contributed by atoms with Gasteiger partial charge >= 0.3 is 0 Å². The van der Waals surface area contributed by atoms with Crippen LogP contribution < -0.4 is 21.8 Å². The van der Waals surface area contributed by atoms with Crippen molar-refractivity contribution in [1.82, 2.24) is 26.1 Å². The maximum atomic E-state index is 6.67. The van der Waals surface area contributed by atoms with E-state index in [1.165, 1.54) is 5.39 Å². The Bertz CT molecular complexity index is 1120. The molecule has 2 aromatic carbocycles. The summed E-state index contributed by atoms with van der Waals surface area (Å²) in [5.41, 5.74) is 14.0. The number of rotatable bonds is 7. The summed E-state index contributed by atoms with van der Waals surface area (Å²) in [4.78, 5) is 8.02. The third kappa shape index (κ3) is 4.19. The van der Waals surface area contributed by atoms with Crippen molar-refractivity contribution in [3.8, 4) is 11.3 Å². The second kappa shape index (κ2) is 8.29. The van der Waals surface area contributed by atoms with E-state index < -0.39 is 5.79 Å². The van der Waals surface area contributed by atoms with Crippen molar-refractivity contribution >= 4 is 17.1 Å². The molecule has 7 heteroatoms. The number of aromatic amines is 1. The summed E-state index contributed by atoms with van der Waals surface area (Å²) in [6.45, 7) is 2.77. The molecule has 1 aromatic heterocycles. The SMILES string of the molecule is NC1(c2cccc(-c3cc4ccccc4[nH]3)c2)N=CC=C(NCCCN2CC=CN2)N1. The number of nitrogens with two attached hydrogens (primary N) is 1. The van der Waals surface area contributed by atoms with E-state index in [1.54, 1.807) is 6.21 Å². The Morgan fingerprint density at radius 1 is 1.13 bits per heavy atom. The van der Waals surface area contributed by atoms with E-state index in [0.717, 1.165) is 54.2 Å². The second-order valence-corrected chi connectivity index (χ2v) is 7.86. The zero-order valence-electron chi connectivity index (χ0n) is 17.3. The summed E-state index contributed by atoms with van der Waals surface area (Å²) in [7, 11) is 0. The molecular formula is C24H27N7. The summed E-state index contributed by atoms with van der Waals surface area (Å²) >= 11 is 0. The van der Waals surface area contributed by atoms with Gasteiger partial charge in [-0.2, -0.15) is 0 Å². The number of hydrazine groups is 1. The zero-order valence-corrected chi connectivity index (χ0v) is 17.3. The maximum Gasteiger partial charge on any atom is 0.210 e. The van der Waals surface area contributed by atoms with Gasteiger partial charge in [-0.25, -0.2) is 10.0 Å². The summed E-state index contributed by atoms with van der Waals surface area (Å²) in [5.74, 6) is -0.138. The van der Waals surface area contributed by atoms with Gasteiger partial charge in [0.1, 0.15) is 5.82 Å². The minimum atomic E-state index is -1.01. The lowest BCUT2D eigenvalue weighted by atomic mass is 10.0. The third-order valence-corrected chi connectivity index (χ3v) is 5.61. The lowest BCUT2D eigenvalue weighted by Crippen LogP contribution is -2.52. The number of hydrogen-bond acceptors (Lipinski definition) is 6. The number of aromatic nitrogens is 1. The predicted octanol–water partition coefficient (Wildman–Crippen LogP) is 2.73. The molecule has 0 bridgehead atoms. The topological polar surface area (TPSA) is 93.5 Å². The molecule has 2 aliphatic rings. The number of hydrogen-bond donors (Lipinski definition) is 5. The maximum absolute atomic E-state index is 6.67. The molecule has 2 aliphatic heterocycles. The number of para-hydroxylation sites is 1. The van der Waals surface area contributed by atoms with E-state index in [1.807, 2.05) is 36.5 Å². The van der Waals surface area contributed by atoms with Gasteiger partial charge in [0, 0.05) is 54.2 Å². The molecule has 1 atom stereocenters. The lowest BCUT2D eigenvalue weighted by Gasteiger charge is -2.32. The number of H-pyrrole nitrogens is 1. The van der Waals surface area contributed by atoms with E-state index in [9.17, 15) is 0 Å². The molecule has 3 heterocycles. The Morgan fingerprint density at radius 2 is 2.06 bits per heavy atom. The predicted molar refractivity (Wildman–Crippen MR) is 126 cm³/mol. The minimum Gasteiger partial charge on any atom is -0.372 e. The number of nitrogens with one attached hydrogen (secondary N) is 4. The number of aliphatic imine (C=N–C) groups is 1. The summed E-state index contributed by atoms with van der Waals surface area (Å²) in [6.07, 6.45) is 8.78. The van der Waals surface area contributed by atoms with Gasteiger partial charge in [-0.15, -0.1) is 0 Å². The molecule has 158 valence electrons. The summed E-state index contributed by atoms with van der Waals surface area (Å²) in [6, 6.07) is 18.6. The van der Waals surface area contributed by atoms with Crippen LogP contribution in [0.25, 0.3) is 22.2 Å². The molecule has 0 aliphatic carbocycles. The summed E-state index contributed by atoms with van der Waals surface area (Å²) < 4.78 is 0. The minimum absolute atomic E-state index is 0.843. The van der Waals surface area contributed by atoms with Crippen LogP contribution in [0.2, 0.25) is 0 Å². The van der Waals surface area contributed by atoms with Gasteiger partial charge in [0.2, 0.25) is 5.79 Å². The molecule has 7 nitrogen and oxygen atoms in total. The van der Waals surface area contributed by atoms with Gasteiger partial charge in [0.15, 0.2) is 0 Å². The van der Waals surface area contributed by atoms with Crippen molar-refractivity contribution in [2.24, 2.45) is 10.7 Å². The van der Waals surface area contributed by atoms with Gasteiger partial charge in [0.05, 0.1) is 0 Å². The molecule has 3 aromatic rings. The lowest BCUT2D eigenvalue weighted by molar-refractivity contribution is 0.262. The quantitative estimate of drug-likeness (QED) is 0.384. The molecule has 0 amide bonds. The van der Waals surface area contributed by atoms with Crippen LogP contribution in [0.3, 0.4) is 0 Å². The Hall–Kier alpha value is -3.55. The van der Waals surface area contributed by atoms with Crippen molar-refractivity contribution in [3.63, 3.8) is 0 Å². The van der Waals surface area contributed by atoms with Gasteiger partial charge in [0.25, 0.3) is 0 Å². The number of allylic oxidation sites excluding steroid dienone is 1. The van der Waals surface area contributed by atoms with Crippen LogP contribution in [-0.4, -0.2) is 35.8 Å². The molecule has 5 rings (SSSR count). The van der Waals surface area contributed by atoms with Gasteiger partial charge in [-0.3, -0.25) is 5.73 Å². The van der Waals surface area contributed by atoms with Crippen molar-refractivity contribution in [2.45, 2.75) is 12.2 Å². The van der Waals surface area contributed by atoms with Gasteiger partial charge < -0.3 is 21.0 Å². The first-order valence-electron chi connectivity index (χ1n) is 10.6. The van der Waals surface area contributed by atoms with E-state index in [2.05, 4.69) is 67.5 Å². The highest BCUT2D eigenvalue weighted by atomic mass is 15.5. The molecule has 0 radical (unpaired) electrons. The highest BCUT2D eigenvalue weighted by Gasteiger charge is 2.28. The van der Waals surface area contributed by atoms with Crippen LogP contribution in [0.4, 0.5) is 0 Å². The van der Waals surface area contributed by atoms with Crippen LogP contribution in [0.1, 0.15) is 12.0 Å². The average Bonchev–Trinajstić information content (AvgIpc) is 3.47. The molecule has 0 saturated carbocycles. The third-order valence-electron chi connectivity index (χ3n) is 5.61. The van der Waals surface area contributed by atoms with Crippen LogP contribution in [0.15, 0.2) is 83.8 Å². The van der Waals surface area contributed by atoms with Crippen molar-refractivity contribution < 1.29 is 0 Å². The Morgan fingerprint density at radius 3 is 2.94 bits per heavy atom.